The predicted molar refractivity (Wildman–Crippen MR) is 80.3 cm³/mol. The van der Waals surface area contributed by atoms with E-state index in [1.165, 1.54) is 0 Å². The number of nitrogens with one attached hydrogen (secondary N) is 2. The van der Waals surface area contributed by atoms with Crippen molar-refractivity contribution < 1.29 is 14.6 Å². The molecule has 0 saturated heterocycles. The van der Waals surface area contributed by atoms with Gasteiger partial charge in [-0.05, 0) is 38.0 Å². The lowest BCUT2D eigenvalue weighted by Gasteiger charge is -2.28. The van der Waals surface area contributed by atoms with Crippen LogP contribution in [0.3, 0.4) is 0 Å². The lowest BCUT2D eigenvalue weighted by atomic mass is 9.98. The molecule has 0 aliphatic carbocycles. The number of aliphatic hydroxyl groups is 1. The highest BCUT2D eigenvalue weighted by atomic mass is 16.5. The largest absolute Gasteiger partial charge is 0.495 e. The van der Waals surface area contributed by atoms with Gasteiger partial charge in [0.05, 0.1) is 24.9 Å². The number of benzene rings is 1. The van der Waals surface area contributed by atoms with E-state index in [4.69, 9.17) is 4.74 Å². The highest BCUT2D eigenvalue weighted by Gasteiger charge is 2.24. The number of urea groups is 1. The van der Waals surface area contributed by atoms with Crippen LogP contribution in [0.4, 0.5) is 10.5 Å². The Morgan fingerprint density at radius 3 is 2.70 bits per heavy atom. The van der Waals surface area contributed by atoms with Crippen LogP contribution < -0.4 is 15.4 Å². The topological polar surface area (TPSA) is 70.6 Å². The van der Waals surface area contributed by atoms with Gasteiger partial charge >= 0.3 is 6.03 Å². The Balaban J connectivity index is 2.78. The van der Waals surface area contributed by atoms with Gasteiger partial charge in [0.2, 0.25) is 0 Å². The summed E-state index contributed by atoms with van der Waals surface area (Å²) in [5.74, 6) is 0.604. The second kappa shape index (κ2) is 7.14. The molecule has 1 aromatic rings. The molecule has 0 saturated carbocycles. The molecule has 1 rings (SSSR count). The summed E-state index contributed by atoms with van der Waals surface area (Å²) < 4.78 is 5.21. The Morgan fingerprint density at radius 2 is 2.15 bits per heavy atom. The molecular formula is C15H24N2O3. The monoisotopic (exact) mass is 280 g/mol. The summed E-state index contributed by atoms with van der Waals surface area (Å²) in [5, 5.41) is 15.0. The Labute approximate surface area is 120 Å². The van der Waals surface area contributed by atoms with Crippen LogP contribution in [0.1, 0.15) is 32.3 Å². The maximum Gasteiger partial charge on any atom is 0.319 e. The summed E-state index contributed by atoms with van der Waals surface area (Å²) in [6, 6.07) is 5.21. The van der Waals surface area contributed by atoms with Gasteiger partial charge in [0, 0.05) is 0 Å². The van der Waals surface area contributed by atoms with Gasteiger partial charge in [-0.25, -0.2) is 4.79 Å². The third-order valence-corrected chi connectivity index (χ3v) is 3.17. The highest BCUT2D eigenvalue weighted by molar-refractivity contribution is 5.91. The first-order valence-electron chi connectivity index (χ1n) is 6.78. The third kappa shape index (κ3) is 4.42. The number of hydrogen-bond donors (Lipinski definition) is 3. The third-order valence-electron chi connectivity index (χ3n) is 3.17. The number of amides is 2. The predicted octanol–water partition coefficient (Wildman–Crippen LogP) is 2.68. The summed E-state index contributed by atoms with van der Waals surface area (Å²) in [4.78, 5) is 12.1. The molecule has 5 nitrogen and oxygen atoms in total. The van der Waals surface area contributed by atoms with Gasteiger partial charge < -0.3 is 20.5 Å². The van der Waals surface area contributed by atoms with Gasteiger partial charge in [-0.3, -0.25) is 0 Å². The van der Waals surface area contributed by atoms with E-state index in [0.717, 1.165) is 12.0 Å². The van der Waals surface area contributed by atoms with Crippen LogP contribution in [-0.2, 0) is 0 Å². The Morgan fingerprint density at radius 1 is 1.45 bits per heavy atom. The number of rotatable bonds is 6. The van der Waals surface area contributed by atoms with Gasteiger partial charge in [0.15, 0.2) is 0 Å². The van der Waals surface area contributed by atoms with Crippen molar-refractivity contribution in [1.29, 1.82) is 0 Å². The lowest BCUT2D eigenvalue weighted by molar-refractivity contribution is 0.167. The van der Waals surface area contributed by atoms with Crippen LogP contribution in [0.5, 0.6) is 5.75 Å². The van der Waals surface area contributed by atoms with Crippen molar-refractivity contribution in [3.63, 3.8) is 0 Å². The number of aliphatic hydroxyl groups excluding tert-OH is 1. The average Bonchev–Trinajstić information content (AvgIpc) is 2.39. The van der Waals surface area contributed by atoms with Gasteiger partial charge in [-0.15, -0.1) is 0 Å². The number of carbonyl (C=O) groups excluding carboxylic acids is 1. The van der Waals surface area contributed by atoms with Crippen LogP contribution in [-0.4, -0.2) is 30.4 Å². The molecule has 0 aromatic heterocycles. The summed E-state index contributed by atoms with van der Waals surface area (Å²) in [5.41, 5.74) is 1.02. The number of ether oxygens (including phenoxy) is 1. The van der Waals surface area contributed by atoms with Crippen molar-refractivity contribution >= 4 is 11.7 Å². The fourth-order valence-electron chi connectivity index (χ4n) is 2.08. The van der Waals surface area contributed by atoms with Gasteiger partial charge in [0.25, 0.3) is 0 Å². The molecule has 0 fully saturated rings. The summed E-state index contributed by atoms with van der Waals surface area (Å²) >= 11 is 0. The molecule has 0 bridgehead atoms. The fourth-order valence-corrected chi connectivity index (χ4v) is 2.08. The molecule has 0 radical (unpaired) electrons. The minimum Gasteiger partial charge on any atom is -0.495 e. The van der Waals surface area contributed by atoms with Crippen LogP contribution in [0.2, 0.25) is 0 Å². The zero-order valence-corrected chi connectivity index (χ0v) is 12.6. The smallest absolute Gasteiger partial charge is 0.319 e. The van der Waals surface area contributed by atoms with Crippen LogP contribution in [0.15, 0.2) is 18.2 Å². The number of hydrogen-bond acceptors (Lipinski definition) is 3. The summed E-state index contributed by atoms with van der Waals surface area (Å²) in [6.07, 6.45) is 1.59. The summed E-state index contributed by atoms with van der Waals surface area (Å²) in [7, 11) is 1.56. The Hall–Kier alpha value is -1.75. The zero-order valence-electron chi connectivity index (χ0n) is 12.6. The van der Waals surface area contributed by atoms with Crippen molar-refractivity contribution in [1.82, 2.24) is 5.32 Å². The van der Waals surface area contributed by atoms with Crippen molar-refractivity contribution in [2.24, 2.45) is 0 Å². The minimum atomic E-state index is -0.615. The second-order valence-corrected chi connectivity index (χ2v) is 5.25. The number of anilines is 1. The van der Waals surface area contributed by atoms with E-state index < -0.39 is 5.54 Å². The number of carbonyl (C=O) groups is 1. The Bertz CT molecular complexity index is 462. The molecule has 1 aromatic carbocycles. The molecule has 20 heavy (non-hydrogen) atoms. The highest BCUT2D eigenvalue weighted by Crippen LogP contribution is 2.25. The normalized spacial score (nSPS) is 13.4. The SMILES string of the molecule is CCCC(C)(CO)NC(=O)Nc1cc(C)ccc1OC. The van der Waals surface area contributed by atoms with Crippen molar-refractivity contribution in [2.45, 2.75) is 39.2 Å². The first kappa shape index (κ1) is 16.3. The van der Waals surface area contributed by atoms with Crippen molar-refractivity contribution in [2.75, 3.05) is 19.0 Å². The van der Waals surface area contributed by atoms with Gasteiger partial charge in [-0.1, -0.05) is 19.4 Å². The lowest BCUT2D eigenvalue weighted by Crippen LogP contribution is -2.50. The summed E-state index contributed by atoms with van der Waals surface area (Å²) in [6.45, 7) is 5.68. The first-order valence-corrected chi connectivity index (χ1v) is 6.78. The molecule has 112 valence electrons. The zero-order chi connectivity index (χ0) is 15.2. The second-order valence-electron chi connectivity index (χ2n) is 5.25. The molecule has 0 heterocycles. The van der Waals surface area contributed by atoms with E-state index >= 15 is 0 Å². The first-order chi connectivity index (χ1) is 9.44. The molecule has 5 heteroatoms. The Kier molecular flexibility index (Phi) is 5.82. The molecule has 0 aliphatic heterocycles. The van der Waals surface area contributed by atoms with Crippen LogP contribution in [0.25, 0.3) is 0 Å². The van der Waals surface area contributed by atoms with E-state index in [2.05, 4.69) is 10.6 Å². The molecule has 2 amide bonds. The standard InChI is InChI=1S/C15H24N2O3/c1-5-8-15(3,10-18)17-14(19)16-12-9-11(2)6-7-13(12)20-4/h6-7,9,18H,5,8,10H2,1-4H3,(H2,16,17,19). The molecule has 0 aliphatic rings. The van der Waals surface area contributed by atoms with Crippen molar-refractivity contribution in [3.05, 3.63) is 23.8 Å². The quantitative estimate of drug-likeness (QED) is 0.750. The van der Waals surface area contributed by atoms with E-state index in [0.29, 0.717) is 17.9 Å². The number of methoxy groups -OCH3 is 1. The maximum atomic E-state index is 12.1. The van der Waals surface area contributed by atoms with Gasteiger partial charge in [0.1, 0.15) is 5.75 Å². The number of aryl methyl sites for hydroxylation is 1. The molecule has 0 spiro atoms. The molecule has 3 N–H and O–H groups in total. The van der Waals surface area contributed by atoms with Crippen LogP contribution in [0, 0.1) is 6.92 Å². The van der Waals surface area contributed by atoms with E-state index in [1.54, 1.807) is 7.11 Å². The minimum absolute atomic E-state index is 0.0980. The van der Waals surface area contributed by atoms with E-state index in [-0.39, 0.29) is 12.6 Å². The molecular weight excluding hydrogens is 256 g/mol. The van der Waals surface area contributed by atoms with Crippen LogP contribution >= 0.6 is 0 Å². The molecule has 1 unspecified atom stereocenters. The van der Waals surface area contributed by atoms with E-state index in [1.807, 2.05) is 39.0 Å². The average molecular weight is 280 g/mol. The molecule has 1 atom stereocenters. The van der Waals surface area contributed by atoms with E-state index in [9.17, 15) is 9.90 Å². The van der Waals surface area contributed by atoms with Gasteiger partial charge in [-0.2, -0.15) is 0 Å². The maximum absolute atomic E-state index is 12.1. The van der Waals surface area contributed by atoms with Crippen molar-refractivity contribution in [3.8, 4) is 5.75 Å². The fraction of sp³-hybridized carbons (Fsp3) is 0.533.